The zero-order valence-corrected chi connectivity index (χ0v) is 29.5. The van der Waals surface area contributed by atoms with Crippen LogP contribution >= 0.6 is 11.3 Å². The molecule has 53 heavy (non-hydrogen) atoms. The average Bonchev–Trinajstić information content (AvgIpc) is 3.65. The number of hydrogen-bond acceptors (Lipinski definition) is 4. The maximum atomic E-state index is 5.36. The Kier molecular flexibility index (Phi) is 7.67. The molecule has 0 saturated carbocycles. The third-order valence-electron chi connectivity index (χ3n) is 9.89. The van der Waals surface area contributed by atoms with Gasteiger partial charge in [-0.2, -0.15) is 0 Å². The summed E-state index contributed by atoms with van der Waals surface area (Å²) in [5.74, 6) is 0.721. The van der Waals surface area contributed by atoms with Crippen molar-refractivity contribution >= 4 is 43.2 Å². The fraction of sp³-hybridized carbons (Fsp3) is 0. The Labute approximate surface area is 311 Å². The molecule has 0 atom stereocenters. The smallest absolute Gasteiger partial charge is 0.160 e. The lowest BCUT2D eigenvalue weighted by atomic mass is 9.93. The lowest BCUT2D eigenvalue weighted by Gasteiger charge is -2.13. The minimum Gasteiger partial charge on any atom is -0.247 e. The van der Waals surface area contributed by atoms with Crippen molar-refractivity contribution in [3.8, 4) is 66.6 Å². The van der Waals surface area contributed by atoms with Gasteiger partial charge in [-0.1, -0.05) is 170 Å². The van der Waals surface area contributed by atoms with Gasteiger partial charge in [0.05, 0.1) is 22.4 Å². The van der Waals surface area contributed by atoms with Crippen LogP contribution in [0, 0.1) is 0 Å². The van der Waals surface area contributed by atoms with Crippen LogP contribution in [0.3, 0.4) is 0 Å². The normalized spacial score (nSPS) is 11.4. The van der Waals surface area contributed by atoms with Gasteiger partial charge >= 0.3 is 0 Å². The number of pyridine rings is 1. The van der Waals surface area contributed by atoms with Gasteiger partial charge in [-0.25, -0.2) is 15.0 Å². The molecule has 10 aromatic rings. The van der Waals surface area contributed by atoms with Gasteiger partial charge < -0.3 is 0 Å². The van der Waals surface area contributed by atoms with Gasteiger partial charge in [0.2, 0.25) is 0 Å². The lowest BCUT2D eigenvalue weighted by Crippen LogP contribution is -1.95. The Morgan fingerprint density at radius 1 is 0.340 bits per heavy atom. The molecule has 0 aliphatic heterocycles. The van der Waals surface area contributed by atoms with E-state index in [0.29, 0.717) is 0 Å². The zero-order valence-electron chi connectivity index (χ0n) is 28.6. The molecular formula is C49H31N3S. The van der Waals surface area contributed by atoms with Gasteiger partial charge in [-0.3, -0.25) is 0 Å². The molecule has 0 spiro atoms. The van der Waals surface area contributed by atoms with Crippen LogP contribution in [0.2, 0.25) is 0 Å². The predicted octanol–water partition coefficient (Wildman–Crippen LogP) is 13.4. The van der Waals surface area contributed by atoms with E-state index in [0.717, 1.165) is 61.3 Å². The Morgan fingerprint density at radius 3 is 1.58 bits per heavy atom. The quantitative estimate of drug-likeness (QED) is 0.174. The van der Waals surface area contributed by atoms with Crippen LogP contribution in [-0.2, 0) is 0 Å². The number of nitrogens with zero attached hydrogens (tertiary/aromatic N) is 3. The summed E-state index contributed by atoms with van der Waals surface area (Å²) in [5, 5.41) is 3.37. The SMILES string of the molecule is c1ccc(-c2cccc(-c3sc4c(c(-c5ccccc5)nc5ccccc54)c3-c3ccc(-c4nc(-c5ccccc5)nc5ccccc45)cc3)c2)cc1. The summed E-state index contributed by atoms with van der Waals surface area (Å²) in [4.78, 5) is 16.7. The predicted molar refractivity (Wildman–Crippen MR) is 223 cm³/mol. The highest BCUT2D eigenvalue weighted by molar-refractivity contribution is 7.24. The van der Waals surface area contributed by atoms with Crippen LogP contribution in [0.25, 0.3) is 98.5 Å². The van der Waals surface area contributed by atoms with Gasteiger partial charge in [-0.15, -0.1) is 11.3 Å². The number of fused-ring (bicyclic) bond motifs is 4. The molecule has 7 aromatic carbocycles. The molecule has 0 radical (unpaired) electrons. The number of benzene rings is 7. The van der Waals surface area contributed by atoms with Gasteiger partial charge in [0, 0.05) is 48.0 Å². The minimum absolute atomic E-state index is 0.721. The molecule has 10 rings (SSSR count). The molecule has 3 aromatic heterocycles. The highest BCUT2D eigenvalue weighted by Crippen LogP contribution is 2.50. The van der Waals surface area contributed by atoms with E-state index in [-0.39, 0.29) is 0 Å². The van der Waals surface area contributed by atoms with Crippen LogP contribution in [0.1, 0.15) is 0 Å². The van der Waals surface area contributed by atoms with Crippen LogP contribution in [0.15, 0.2) is 188 Å². The summed E-state index contributed by atoms with van der Waals surface area (Å²) < 4.78 is 1.24. The second kappa shape index (κ2) is 13.1. The average molecular weight is 694 g/mol. The number of rotatable bonds is 6. The standard InChI is InChI=1S/C49H31N3S/c1-4-15-32(16-5-1)37-21-14-22-38(31-37)47-43(44-46(34-17-6-2-7-18-34)50-42-26-13-11-24-40(42)48(44)53-47)33-27-29-35(30-28-33)45-39-23-10-12-25-41(39)51-49(52-45)36-19-8-3-9-20-36/h1-31H. The van der Waals surface area contributed by atoms with Gasteiger partial charge in [-0.05, 0) is 40.5 Å². The molecule has 0 amide bonds. The third-order valence-corrected chi connectivity index (χ3v) is 11.2. The first-order chi connectivity index (χ1) is 26.3. The number of thiophene rings is 1. The van der Waals surface area contributed by atoms with Crippen LogP contribution in [0.4, 0.5) is 0 Å². The van der Waals surface area contributed by atoms with Crippen LogP contribution in [0.5, 0.6) is 0 Å². The highest BCUT2D eigenvalue weighted by Gasteiger charge is 2.23. The van der Waals surface area contributed by atoms with Crippen molar-refractivity contribution in [2.24, 2.45) is 0 Å². The van der Waals surface area contributed by atoms with Crippen molar-refractivity contribution in [1.82, 2.24) is 15.0 Å². The summed E-state index contributed by atoms with van der Waals surface area (Å²) >= 11 is 1.86. The summed E-state index contributed by atoms with van der Waals surface area (Å²) in [7, 11) is 0. The first kappa shape index (κ1) is 31.0. The fourth-order valence-corrected chi connectivity index (χ4v) is 8.70. The van der Waals surface area contributed by atoms with E-state index < -0.39 is 0 Å². The van der Waals surface area contributed by atoms with Crippen molar-refractivity contribution in [3.05, 3.63) is 188 Å². The second-order valence-electron chi connectivity index (χ2n) is 13.2. The Bertz CT molecular complexity index is 2920. The van der Waals surface area contributed by atoms with Crippen molar-refractivity contribution in [1.29, 1.82) is 0 Å². The van der Waals surface area contributed by atoms with E-state index in [1.807, 2.05) is 35.6 Å². The van der Waals surface area contributed by atoms with E-state index in [9.17, 15) is 0 Å². The summed E-state index contributed by atoms with van der Waals surface area (Å²) in [6.45, 7) is 0. The molecule has 0 fully saturated rings. The first-order valence-electron chi connectivity index (χ1n) is 17.8. The molecule has 0 saturated heterocycles. The van der Waals surface area contributed by atoms with Gasteiger partial charge in [0.25, 0.3) is 0 Å². The molecule has 0 bridgehead atoms. The molecule has 0 aliphatic rings. The van der Waals surface area contributed by atoms with Crippen molar-refractivity contribution in [3.63, 3.8) is 0 Å². The molecule has 4 heteroatoms. The summed E-state index contributed by atoms with van der Waals surface area (Å²) in [6.07, 6.45) is 0. The Balaban J connectivity index is 1.22. The summed E-state index contributed by atoms with van der Waals surface area (Å²) in [5.41, 5.74) is 12.9. The Morgan fingerprint density at radius 2 is 0.868 bits per heavy atom. The molecule has 3 nitrogen and oxygen atoms in total. The van der Waals surface area contributed by atoms with Gasteiger partial charge in [0.15, 0.2) is 5.82 Å². The number of hydrogen-bond donors (Lipinski definition) is 0. The maximum Gasteiger partial charge on any atom is 0.160 e. The minimum atomic E-state index is 0.721. The number of para-hydroxylation sites is 2. The fourth-order valence-electron chi connectivity index (χ4n) is 7.35. The Hall–Kier alpha value is -6.75. The molecule has 3 heterocycles. The van der Waals surface area contributed by atoms with E-state index in [4.69, 9.17) is 15.0 Å². The molecular weight excluding hydrogens is 663 g/mol. The first-order valence-corrected chi connectivity index (χ1v) is 18.6. The van der Waals surface area contributed by atoms with E-state index in [2.05, 4.69) is 164 Å². The van der Waals surface area contributed by atoms with Crippen molar-refractivity contribution in [2.75, 3.05) is 0 Å². The highest BCUT2D eigenvalue weighted by atomic mass is 32.1. The van der Waals surface area contributed by atoms with Gasteiger partial charge in [0.1, 0.15) is 0 Å². The van der Waals surface area contributed by atoms with Crippen molar-refractivity contribution < 1.29 is 0 Å². The van der Waals surface area contributed by atoms with E-state index in [1.165, 1.54) is 37.2 Å². The summed E-state index contributed by atoms with van der Waals surface area (Å²) in [6, 6.07) is 66.1. The molecule has 0 N–H and O–H groups in total. The molecule has 248 valence electrons. The maximum absolute atomic E-state index is 5.36. The van der Waals surface area contributed by atoms with Crippen molar-refractivity contribution in [2.45, 2.75) is 0 Å². The largest absolute Gasteiger partial charge is 0.247 e. The topological polar surface area (TPSA) is 38.7 Å². The van der Waals surface area contributed by atoms with Crippen LogP contribution in [-0.4, -0.2) is 15.0 Å². The lowest BCUT2D eigenvalue weighted by molar-refractivity contribution is 1.23. The molecule has 0 unspecified atom stereocenters. The second-order valence-corrected chi connectivity index (χ2v) is 14.2. The zero-order chi connectivity index (χ0) is 35.1. The number of aromatic nitrogens is 3. The monoisotopic (exact) mass is 693 g/mol. The van der Waals surface area contributed by atoms with E-state index in [1.54, 1.807) is 0 Å². The van der Waals surface area contributed by atoms with Crippen LogP contribution < -0.4 is 0 Å². The van der Waals surface area contributed by atoms with E-state index >= 15 is 0 Å². The third kappa shape index (κ3) is 5.57. The molecule has 0 aliphatic carbocycles.